The third kappa shape index (κ3) is 5.18. The van der Waals surface area contributed by atoms with Crippen LogP contribution < -0.4 is 0 Å². The van der Waals surface area contributed by atoms with Crippen LogP contribution in [0.5, 0.6) is 0 Å². The summed E-state index contributed by atoms with van der Waals surface area (Å²) in [6.45, 7) is 0.637. The number of hydrogen-bond donors (Lipinski definition) is 9. The first-order valence-corrected chi connectivity index (χ1v) is 9.85. The van der Waals surface area contributed by atoms with Gasteiger partial charge in [-0.25, -0.2) is 0 Å². The molecule has 3 heterocycles. The van der Waals surface area contributed by atoms with Crippen molar-refractivity contribution in [1.29, 1.82) is 0 Å². The molecule has 14 atom stereocenters. The second-order valence-electron chi connectivity index (χ2n) is 7.91. The monoisotopic (exact) mass is 458 g/mol. The minimum absolute atomic E-state index is 0.305. The zero-order valence-corrected chi connectivity index (χ0v) is 16.6. The van der Waals surface area contributed by atoms with Crippen LogP contribution in [-0.2, 0) is 23.7 Å². The highest BCUT2D eigenvalue weighted by molar-refractivity contribution is 4.93. The van der Waals surface area contributed by atoms with Gasteiger partial charge in [-0.1, -0.05) is 0 Å². The fourth-order valence-electron chi connectivity index (χ4n) is 3.60. The van der Waals surface area contributed by atoms with Gasteiger partial charge in [-0.05, 0) is 6.92 Å². The van der Waals surface area contributed by atoms with Gasteiger partial charge in [-0.2, -0.15) is 0 Å². The fourth-order valence-corrected chi connectivity index (χ4v) is 3.60. The molecule has 14 heteroatoms. The second kappa shape index (κ2) is 10.1. The largest absolute Gasteiger partial charge is 0.388 e. The lowest BCUT2D eigenvalue weighted by Gasteiger charge is -2.45. The van der Waals surface area contributed by atoms with Crippen molar-refractivity contribution < 1.29 is 69.6 Å². The highest BCUT2D eigenvalue weighted by atomic mass is 16.7. The summed E-state index contributed by atoms with van der Waals surface area (Å²) in [6, 6.07) is 0. The zero-order chi connectivity index (χ0) is 23.0. The molecule has 182 valence electrons. The topological polar surface area (TPSA) is 228 Å². The average Bonchev–Trinajstić information content (AvgIpc) is 2.74. The molecule has 0 aromatic carbocycles. The SMILES string of the molecule is C[C@@H]1O[C@@H](O[C@H]2C(O)O[C@H](CO[C@@H]3OC[C@@H](O)[C@H](O)[C@H]3O)[C@@H](O)[C@@H]2O)[C@H](O)[C@H](O)[C@H]1O. The Balaban J connectivity index is 1.56. The third-order valence-electron chi connectivity index (χ3n) is 5.64. The molecule has 3 aliphatic rings. The van der Waals surface area contributed by atoms with Gasteiger partial charge in [0.15, 0.2) is 18.9 Å². The maximum absolute atomic E-state index is 10.4. The van der Waals surface area contributed by atoms with Crippen molar-refractivity contribution in [2.45, 2.75) is 92.9 Å². The van der Waals surface area contributed by atoms with Gasteiger partial charge in [0.25, 0.3) is 0 Å². The molecule has 0 spiro atoms. The van der Waals surface area contributed by atoms with E-state index in [-0.39, 0.29) is 6.61 Å². The highest BCUT2D eigenvalue weighted by Gasteiger charge is 2.50. The van der Waals surface area contributed by atoms with Crippen molar-refractivity contribution >= 4 is 0 Å². The van der Waals surface area contributed by atoms with Crippen molar-refractivity contribution in [3.8, 4) is 0 Å². The summed E-state index contributed by atoms with van der Waals surface area (Å²) in [5.41, 5.74) is 0. The first kappa shape index (κ1) is 25.1. The second-order valence-corrected chi connectivity index (χ2v) is 7.91. The van der Waals surface area contributed by atoms with E-state index in [2.05, 4.69) is 0 Å². The van der Waals surface area contributed by atoms with E-state index in [1.165, 1.54) is 6.92 Å². The minimum Gasteiger partial charge on any atom is -0.388 e. The molecule has 14 nitrogen and oxygen atoms in total. The molecular formula is C17H30O14. The van der Waals surface area contributed by atoms with E-state index in [0.29, 0.717) is 0 Å². The predicted molar refractivity (Wildman–Crippen MR) is 93.8 cm³/mol. The van der Waals surface area contributed by atoms with Crippen LogP contribution in [0.2, 0.25) is 0 Å². The van der Waals surface area contributed by atoms with Crippen LogP contribution >= 0.6 is 0 Å². The number of ether oxygens (including phenoxy) is 5. The van der Waals surface area contributed by atoms with Gasteiger partial charge in [0.2, 0.25) is 0 Å². The van der Waals surface area contributed by atoms with Crippen LogP contribution in [-0.4, -0.2) is 145 Å². The molecule has 9 N–H and O–H groups in total. The Morgan fingerprint density at radius 3 is 2.03 bits per heavy atom. The van der Waals surface area contributed by atoms with Gasteiger partial charge >= 0.3 is 0 Å². The molecule has 0 bridgehead atoms. The van der Waals surface area contributed by atoms with Gasteiger partial charge in [-0.15, -0.1) is 0 Å². The molecule has 0 radical (unpaired) electrons. The Morgan fingerprint density at radius 1 is 0.710 bits per heavy atom. The maximum Gasteiger partial charge on any atom is 0.187 e. The van der Waals surface area contributed by atoms with Gasteiger partial charge in [0.1, 0.15) is 61.0 Å². The van der Waals surface area contributed by atoms with E-state index >= 15 is 0 Å². The molecule has 0 aromatic rings. The molecule has 3 rings (SSSR count). The van der Waals surface area contributed by atoms with Gasteiger partial charge in [-0.3, -0.25) is 0 Å². The summed E-state index contributed by atoms with van der Waals surface area (Å²) in [6.07, 6.45) is -21.0. The summed E-state index contributed by atoms with van der Waals surface area (Å²) >= 11 is 0. The van der Waals surface area contributed by atoms with Crippen LogP contribution in [0.25, 0.3) is 0 Å². The number of aliphatic hydroxyl groups is 9. The van der Waals surface area contributed by atoms with Crippen molar-refractivity contribution in [3.63, 3.8) is 0 Å². The Kier molecular flexibility index (Phi) is 8.21. The first-order valence-electron chi connectivity index (χ1n) is 9.85. The number of aliphatic hydroxyl groups excluding tert-OH is 9. The molecule has 31 heavy (non-hydrogen) atoms. The standard InChI is InChI=1S/C17H30O14/c1-4-7(19)10(22)13(25)17(29-4)31-14-11(23)9(21)6(30-15(14)26)3-28-16-12(24)8(20)5(18)2-27-16/h4-26H,2-3H2,1H3/t4-,5+,6+,7-,8-,9+,10+,11-,12+,13+,14+,15?,16-,17-/m0/s1. The highest BCUT2D eigenvalue weighted by Crippen LogP contribution is 2.29. The average molecular weight is 458 g/mol. The number of rotatable bonds is 5. The van der Waals surface area contributed by atoms with E-state index in [1.807, 2.05) is 0 Å². The zero-order valence-electron chi connectivity index (χ0n) is 16.6. The van der Waals surface area contributed by atoms with E-state index in [0.717, 1.165) is 0 Å². The van der Waals surface area contributed by atoms with Crippen LogP contribution in [0.4, 0.5) is 0 Å². The quantitative estimate of drug-likeness (QED) is 0.187. The summed E-state index contributed by atoms with van der Waals surface area (Å²) in [4.78, 5) is 0. The van der Waals surface area contributed by atoms with E-state index in [9.17, 15) is 46.0 Å². The minimum atomic E-state index is -1.81. The molecule has 0 aliphatic carbocycles. The molecule has 1 unspecified atom stereocenters. The Morgan fingerprint density at radius 2 is 1.35 bits per heavy atom. The first-order chi connectivity index (χ1) is 14.5. The lowest BCUT2D eigenvalue weighted by atomic mass is 9.97. The molecule has 3 aliphatic heterocycles. The van der Waals surface area contributed by atoms with Crippen LogP contribution in [0.1, 0.15) is 6.92 Å². The molecule has 0 saturated carbocycles. The molecule has 0 amide bonds. The van der Waals surface area contributed by atoms with E-state index in [4.69, 9.17) is 23.7 Å². The predicted octanol–water partition coefficient (Wildman–Crippen LogP) is -5.91. The van der Waals surface area contributed by atoms with Crippen LogP contribution in [0.15, 0.2) is 0 Å². The van der Waals surface area contributed by atoms with Crippen LogP contribution in [0, 0.1) is 0 Å². The normalized spacial score (nSPS) is 54.0. The Bertz CT molecular complexity index is 581. The molecule has 3 saturated heterocycles. The molecule has 3 fully saturated rings. The molecular weight excluding hydrogens is 428 g/mol. The third-order valence-corrected chi connectivity index (χ3v) is 5.64. The van der Waals surface area contributed by atoms with Gasteiger partial charge < -0.3 is 69.6 Å². The van der Waals surface area contributed by atoms with E-state index < -0.39 is 92.6 Å². The summed E-state index contributed by atoms with van der Waals surface area (Å²) in [5, 5.41) is 89.4. The van der Waals surface area contributed by atoms with E-state index in [1.54, 1.807) is 0 Å². The van der Waals surface area contributed by atoms with Gasteiger partial charge in [0, 0.05) is 0 Å². The molecule has 0 aromatic heterocycles. The summed E-state index contributed by atoms with van der Waals surface area (Å²) < 4.78 is 26.1. The maximum atomic E-state index is 10.4. The van der Waals surface area contributed by atoms with Gasteiger partial charge in [0.05, 0.1) is 19.3 Å². The summed E-state index contributed by atoms with van der Waals surface area (Å²) in [5.74, 6) is 0. The van der Waals surface area contributed by atoms with Crippen molar-refractivity contribution in [2.75, 3.05) is 13.2 Å². The Labute approximate surface area is 176 Å². The lowest BCUT2D eigenvalue weighted by molar-refractivity contribution is -0.362. The Hall–Kier alpha value is -0.560. The van der Waals surface area contributed by atoms with Crippen molar-refractivity contribution in [2.24, 2.45) is 0 Å². The smallest absolute Gasteiger partial charge is 0.187 e. The summed E-state index contributed by atoms with van der Waals surface area (Å²) in [7, 11) is 0. The fraction of sp³-hybridized carbons (Fsp3) is 1.00. The number of hydrogen-bond acceptors (Lipinski definition) is 14. The van der Waals surface area contributed by atoms with Crippen LogP contribution in [0.3, 0.4) is 0 Å². The van der Waals surface area contributed by atoms with Crippen molar-refractivity contribution in [1.82, 2.24) is 0 Å². The lowest BCUT2D eigenvalue weighted by Crippen LogP contribution is -2.64. The van der Waals surface area contributed by atoms with Crippen molar-refractivity contribution in [3.05, 3.63) is 0 Å².